The van der Waals surface area contributed by atoms with Gasteiger partial charge < -0.3 is 15.4 Å². The highest BCUT2D eigenvalue weighted by Crippen LogP contribution is 2.38. The molecule has 0 atom stereocenters. The van der Waals surface area contributed by atoms with Gasteiger partial charge in [0.2, 0.25) is 0 Å². The molecule has 0 amide bonds. The van der Waals surface area contributed by atoms with Crippen LogP contribution in [0.1, 0.15) is 40.1 Å². The van der Waals surface area contributed by atoms with Gasteiger partial charge in [-0.2, -0.15) is 0 Å². The minimum atomic E-state index is -0.560. The molecule has 1 aliphatic carbocycles. The minimum absolute atomic E-state index is 0.0457. The first-order chi connectivity index (χ1) is 13.4. The molecule has 1 aromatic carbocycles. The summed E-state index contributed by atoms with van der Waals surface area (Å²) in [5.74, 6) is -0.396. The van der Waals surface area contributed by atoms with E-state index in [1.54, 1.807) is 6.07 Å². The first-order valence-corrected chi connectivity index (χ1v) is 10.3. The molecular formula is C18H18ClN3O4S2. The predicted octanol–water partition coefficient (Wildman–Crippen LogP) is 5.17. The molecule has 7 nitrogen and oxygen atoms in total. The number of carbonyl (C=O) groups excluding carboxylic acids is 1. The molecule has 28 heavy (non-hydrogen) atoms. The summed E-state index contributed by atoms with van der Waals surface area (Å²) < 4.78 is 4.97. The fourth-order valence-electron chi connectivity index (χ4n) is 3.14. The minimum Gasteiger partial charge on any atom is -0.465 e. The number of esters is 1. The number of fused-ring (bicyclic) bond motifs is 1. The van der Waals surface area contributed by atoms with E-state index in [1.807, 2.05) is 0 Å². The van der Waals surface area contributed by atoms with E-state index >= 15 is 0 Å². The number of ether oxygens (including phenoxy) is 1. The van der Waals surface area contributed by atoms with E-state index in [4.69, 9.17) is 28.6 Å². The number of thiocarbonyl (C=S) groups is 1. The molecule has 0 unspecified atom stereocenters. The number of nitro benzene ring substituents is 1. The smallest absolute Gasteiger partial charge is 0.341 e. The Bertz CT molecular complexity index is 945. The molecule has 0 aliphatic heterocycles. The van der Waals surface area contributed by atoms with Crippen LogP contribution in [0.15, 0.2) is 18.2 Å². The van der Waals surface area contributed by atoms with Crippen LogP contribution in [0.4, 0.5) is 16.4 Å². The third-order valence-corrected chi connectivity index (χ3v) is 6.17. The van der Waals surface area contributed by atoms with Crippen molar-refractivity contribution in [3.8, 4) is 0 Å². The third-order valence-electron chi connectivity index (χ3n) is 4.44. The van der Waals surface area contributed by atoms with Crippen LogP contribution in [0.25, 0.3) is 0 Å². The zero-order valence-corrected chi connectivity index (χ0v) is 17.4. The van der Waals surface area contributed by atoms with Gasteiger partial charge in [-0.05, 0) is 55.6 Å². The summed E-state index contributed by atoms with van der Waals surface area (Å²) in [5, 5.41) is 17.9. The summed E-state index contributed by atoms with van der Waals surface area (Å²) in [6.07, 6.45) is 5.02. The zero-order valence-electron chi connectivity index (χ0n) is 15.0. The van der Waals surface area contributed by atoms with E-state index in [0.717, 1.165) is 37.7 Å². The fourth-order valence-corrected chi connectivity index (χ4v) is 4.90. The SMILES string of the molecule is COC(=O)c1c(NC(=S)Nc2ccc(Cl)c([N+](=O)[O-])c2)sc2c1CCCCC2. The van der Waals surface area contributed by atoms with Gasteiger partial charge in [0.05, 0.1) is 17.6 Å². The van der Waals surface area contributed by atoms with E-state index in [-0.39, 0.29) is 15.8 Å². The highest BCUT2D eigenvalue weighted by atomic mass is 35.5. The molecule has 0 saturated carbocycles. The number of nitro groups is 1. The van der Waals surface area contributed by atoms with Crippen LogP contribution in [-0.2, 0) is 17.6 Å². The Labute approximate surface area is 176 Å². The highest BCUT2D eigenvalue weighted by molar-refractivity contribution is 7.80. The molecule has 1 aliphatic rings. The molecule has 2 aromatic rings. The lowest BCUT2D eigenvalue weighted by Crippen LogP contribution is -2.20. The fraction of sp³-hybridized carbons (Fsp3) is 0.333. The maximum Gasteiger partial charge on any atom is 0.341 e. The van der Waals surface area contributed by atoms with E-state index in [0.29, 0.717) is 16.3 Å². The summed E-state index contributed by atoms with van der Waals surface area (Å²) in [6, 6.07) is 4.33. The Balaban J connectivity index is 1.83. The number of anilines is 2. The van der Waals surface area contributed by atoms with Crippen molar-refractivity contribution in [3.63, 3.8) is 0 Å². The van der Waals surface area contributed by atoms with E-state index in [9.17, 15) is 14.9 Å². The molecular weight excluding hydrogens is 422 g/mol. The van der Waals surface area contributed by atoms with Crippen LogP contribution in [0, 0.1) is 10.1 Å². The van der Waals surface area contributed by atoms with Crippen LogP contribution in [0.5, 0.6) is 0 Å². The number of benzene rings is 1. The molecule has 2 N–H and O–H groups in total. The van der Waals surface area contributed by atoms with Crippen molar-refractivity contribution in [3.05, 3.63) is 49.3 Å². The van der Waals surface area contributed by atoms with Gasteiger partial charge in [0.25, 0.3) is 5.69 Å². The monoisotopic (exact) mass is 439 g/mol. The second kappa shape index (κ2) is 8.85. The van der Waals surface area contributed by atoms with Crippen molar-refractivity contribution >= 4 is 62.6 Å². The van der Waals surface area contributed by atoms with E-state index in [2.05, 4.69) is 10.6 Å². The number of rotatable bonds is 4. The highest BCUT2D eigenvalue weighted by Gasteiger charge is 2.26. The number of halogens is 1. The van der Waals surface area contributed by atoms with Crippen molar-refractivity contribution in [1.82, 2.24) is 0 Å². The standard InChI is InChI=1S/C18H18ClN3O4S2/c1-26-17(23)15-11-5-3-2-4-6-14(11)28-16(15)21-18(27)20-10-7-8-12(19)13(9-10)22(24)25/h7-9H,2-6H2,1H3,(H2,20,21,27). The Morgan fingerprint density at radius 2 is 2.04 bits per heavy atom. The molecule has 10 heteroatoms. The summed E-state index contributed by atoms with van der Waals surface area (Å²) in [5.41, 5.74) is 1.76. The molecule has 1 heterocycles. The van der Waals surface area contributed by atoms with Crippen molar-refractivity contribution in [2.45, 2.75) is 32.1 Å². The lowest BCUT2D eigenvalue weighted by atomic mass is 10.1. The van der Waals surface area contributed by atoms with Crippen molar-refractivity contribution in [2.24, 2.45) is 0 Å². The second-order valence-electron chi connectivity index (χ2n) is 6.26. The maximum atomic E-state index is 12.4. The van der Waals surface area contributed by atoms with Crippen LogP contribution in [0.3, 0.4) is 0 Å². The molecule has 0 fully saturated rings. The maximum absolute atomic E-state index is 12.4. The first-order valence-electron chi connectivity index (χ1n) is 8.65. The number of nitrogens with zero attached hydrogens (tertiary/aromatic N) is 1. The first kappa shape index (κ1) is 20.5. The third kappa shape index (κ3) is 4.43. The van der Waals surface area contributed by atoms with Crippen molar-refractivity contribution < 1.29 is 14.5 Å². The lowest BCUT2D eigenvalue weighted by Gasteiger charge is -2.11. The van der Waals surface area contributed by atoms with Gasteiger partial charge in [0, 0.05) is 16.6 Å². The number of hydrogen-bond acceptors (Lipinski definition) is 6. The Kier molecular flexibility index (Phi) is 6.48. The Hall–Kier alpha value is -2.23. The summed E-state index contributed by atoms with van der Waals surface area (Å²) in [4.78, 5) is 24.0. The average Bonchev–Trinajstić information content (AvgIpc) is 2.83. The lowest BCUT2D eigenvalue weighted by molar-refractivity contribution is -0.384. The zero-order chi connectivity index (χ0) is 20.3. The van der Waals surface area contributed by atoms with Gasteiger partial charge in [0.1, 0.15) is 10.0 Å². The topological polar surface area (TPSA) is 93.5 Å². The molecule has 3 rings (SSSR count). The number of nitrogens with one attached hydrogen (secondary N) is 2. The Morgan fingerprint density at radius 1 is 1.29 bits per heavy atom. The molecule has 0 bridgehead atoms. The normalized spacial score (nSPS) is 13.2. The van der Waals surface area contributed by atoms with Crippen LogP contribution in [-0.4, -0.2) is 23.1 Å². The number of hydrogen-bond donors (Lipinski definition) is 2. The van der Waals surface area contributed by atoms with Crippen molar-refractivity contribution in [1.29, 1.82) is 0 Å². The number of methoxy groups -OCH3 is 1. The molecule has 148 valence electrons. The van der Waals surface area contributed by atoms with E-state index < -0.39 is 10.9 Å². The summed E-state index contributed by atoms with van der Waals surface area (Å²) in [7, 11) is 1.36. The number of aryl methyl sites for hydroxylation is 1. The van der Waals surface area contributed by atoms with E-state index in [1.165, 1.54) is 35.5 Å². The number of thiophene rings is 1. The van der Waals surface area contributed by atoms with Gasteiger partial charge in [-0.3, -0.25) is 10.1 Å². The largest absolute Gasteiger partial charge is 0.465 e. The Morgan fingerprint density at radius 3 is 2.75 bits per heavy atom. The number of carbonyl (C=O) groups is 1. The summed E-state index contributed by atoms with van der Waals surface area (Å²) in [6.45, 7) is 0. The molecule has 1 aromatic heterocycles. The van der Waals surface area contributed by atoms with Crippen LogP contribution >= 0.6 is 35.2 Å². The van der Waals surface area contributed by atoms with Gasteiger partial charge in [-0.1, -0.05) is 18.0 Å². The second-order valence-corrected chi connectivity index (χ2v) is 8.18. The van der Waals surface area contributed by atoms with Gasteiger partial charge in [-0.15, -0.1) is 11.3 Å². The van der Waals surface area contributed by atoms with Gasteiger partial charge in [0.15, 0.2) is 5.11 Å². The van der Waals surface area contributed by atoms with Gasteiger partial charge in [-0.25, -0.2) is 4.79 Å². The molecule has 0 spiro atoms. The molecule has 0 radical (unpaired) electrons. The van der Waals surface area contributed by atoms with Gasteiger partial charge >= 0.3 is 5.97 Å². The quantitative estimate of drug-likeness (QED) is 0.223. The average molecular weight is 440 g/mol. The summed E-state index contributed by atoms with van der Waals surface area (Å²) >= 11 is 12.7. The predicted molar refractivity (Wildman–Crippen MR) is 115 cm³/mol. The van der Waals surface area contributed by atoms with Crippen LogP contribution in [0.2, 0.25) is 5.02 Å². The molecule has 0 saturated heterocycles. The van der Waals surface area contributed by atoms with Crippen molar-refractivity contribution in [2.75, 3.05) is 17.7 Å². The van der Waals surface area contributed by atoms with Crippen LogP contribution < -0.4 is 10.6 Å².